The van der Waals surface area contributed by atoms with E-state index in [9.17, 15) is 14.4 Å². The zero-order chi connectivity index (χ0) is 14.8. The fourth-order valence-corrected chi connectivity index (χ4v) is 2.06. The standard InChI is InChI=1S/C14H15N3O4/c18-12(11-7-8-3-1-2-4-10(8)21-11)16-17-14(20)13(19)15-9-5-6-9/h1-4,9,11H,5-7H2,(H,15,19)(H,16,18)(H,17,20)/t11-/m1/s1. The molecule has 1 aliphatic heterocycles. The minimum absolute atomic E-state index is 0.0895. The largest absolute Gasteiger partial charge is 0.480 e. The van der Waals surface area contributed by atoms with E-state index in [0.717, 1.165) is 18.4 Å². The Morgan fingerprint density at radius 1 is 1.05 bits per heavy atom. The Labute approximate surface area is 121 Å². The summed E-state index contributed by atoms with van der Waals surface area (Å²) >= 11 is 0. The summed E-state index contributed by atoms with van der Waals surface area (Å²) in [4.78, 5) is 34.8. The molecule has 1 saturated carbocycles. The van der Waals surface area contributed by atoms with Gasteiger partial charge in [-0.1, -0.05) is 18.2 Å². The van der Waals surface area contributed by atoms with Crippen molar-refractivity contribution in [2.24, 2.45) is 0 Å². The van der Waals surface area contributed by atoms with E-state index >= 15 is 0 Å². The SMILES string of the molecule is O=C(NNC(=O)[C@H]1Cc2ccccc2O1)C(=O)NC1CC1. The molecule has 1 atom stereocenters. The number of para-hydroxylation sites is 1. The van der Waals surface area contributed by atoms with Gasteiger partial charge in [-0.2, -0.15) is 0 Å². The second kappa shape index (κ2) is 5.43. The maximum Gasteiger partial charge on any atom is 0.327 e. The van der Waals surface area contributed by atoms with E-state index in [1.54, 1.807) is 6.07 Å². The lowest BCUT2D eigenvalue weighted by molar-refractivity contribution is -0.141. The number of rotatable bonds is 2. The molecule has 1 aliphatic carbocycles. The fourth-order valence-electron chi connectivity index (χ4n) is 2.06. The van der Waals surface area contributed by atoms with E-state index in [1.807, 2.05) is 18.2 Å². The molecule has 1 heterocycles. The Kier molecular flexibility index (Phi) is 3.47. The first-order valence-corrected chi connectivity index (χ1v) is 6.79. The molecule has 7 nitrogen and oxygen atoms in total. The van der Waals surface area contributed by atoms with E-state index in [4.69, 9.17) is 4.74 Å². The molecule has 0 aromatic heterocycles. The Bertz CT molecular complexity index is 573. The van der Waals surface area contributed by atoms with Crippen LogP contribution < -0.4 is 20.9 Å². The van der Waals surface area contributed by atoms with Gasteiger partial charge in [-0.3, -0.25) is 25.2 Å². The number of carbonyl (C=O) groups is 3. The Hall–Kier alpha value is -2.57. The van der Waals surface area contributed by atoms with Gasteiger partial charge in [0.25, 0.3) is 5.91 Å². The van der Waals surface area contributed by atoms with Crippen LogP contribution in [-0.2, 0) is 20.8 Å². The number of hydrogen-bond acceptors (Lipinski definition) is 4. The van der Waals surface area contributed by atoms with Crippen molar-refractivity contribution in [2.45, 2.75) is 31.4 Å². The van der Waals surface area contributed by atoms with E-state index < -0.39 is 23.8 Å². The van der Waals surface area contributed by atoms with Crippen molar-refractivity contribution in [2.75, 3.05) is 0 Å². The van der Waals surface area contributed by atoms with Gasteiger partial charge in [-0.05, 0) is 24.5 Å². The fraction of sp³-hybridized carbons (Fsp3) is 0.357. The van der Waals surface area contributed by atoms with Crippen molar-refractivity contribution in [1.29, 1.82) is 0 Å². The minimum atomic E-state index is -0.884. The van der Waals surface area contributed by atoms with Crippen molar-refractivity contribution < 1.29 is 19.1 Å². The first kappa shape index (κ1) is 13.4. The summed E-state index contributed by atoms with van der Waals surface area (Å²) in [5, 5.41) is 2.53. The molecular weight excluding hydrogens is 274 g/mol. The van der Waals surface area contributed by atoms with Gasteiger partial charge in [0.2, 0.25) is 0 Å². The molecule has 0 saturated heterocycles. The van der Waals surface area contributed by atoms with Gasteiger partial charge in [-0.15, -0.1) is 0 Å². The predicted octanol–water partition coefficient (Wildman–Crippen LogP) is -0.584. The smallest absolute Gasteiger partial charge is 0.327 e. The average Bonchev–Trinajstić information content (AvgIpc) is 3.18. The van der Waals surface area contributed by atoms with Crippen molar-refractivity contribution >= 4 is 17.7 Å². The Balaban J connectivity index is 1.47. The molecule has 0 unspecified atom stereocenters. The van der Waals surface area contributed by atoms with Crippen molar-refractivity contribution in [3.05, 3.63) is 29.8 Å². The topological polar surface area (TPSA) is 96.5 Å². The lowest BCUT2D eigenvalue weighted by Gasteiger charge is -2.12. The van der Waals surface area contributed by atoms with Gasteiger partial charge >= 0.3 is 11.8 Å². The number of fused-ring (bicyclic) bond motifs is 1. The van der Waals surface area contributed by atoms with Crippen molar-refractivity contribution in [3.8, 4) is 5.75 Å². The van der Waals surface area contributed by atoms with Crippen LogP contribution >= 0.6 is 0 Å². The molecule has 0 bridgehead atoms. The molecule has 0 radical (unpaired) electrons. The zero-order valence-electron chi connectivity index (χ0n) is 11.2. The molecular formula is C14H15N3O4. The molecule has 1 aromatic carbocycles. The maximum atomic E-state index is 11.9. The number of nitrogens with one attached hydrogen (secondary N) is 3. The van der Waals surface area contributed by atoms with Gasteiger partial charge in [0, 0.05) is 12.5 Å². The highest BCUT2D eigenvalue weighted by molar-refractivity contribution is 6.35. The molecule has 1 fully saturated rings. The number of carbonyl (C=O) groups excluding carboxylic acids is 3. The third kappa shape index (κ3) is 3.13. The number of ether oxygens (including phenoxy) is 1. The summed E-state index contributed by atoms with van der Waals surface area (Å²) in [6, 6.07) is 7.44. The van der Waals surface area contributed by atoms with Crippen molar-refractivity contribution in [3.63, 3.8) is 0 Å². The molecule has 21 heavy (non-hydrogen) atoms. The highest BCUT2D eigenvalue weighted by Gasteiger charge is 2.30. The van der Waals surface area contributed by atoms with Crippen LogP contribution in [0.2, 0.25) is 0 Å². The lowest BCUT2D eigenvalue weighted by atomic mass is 10.1. The predicted molar refractivity (Wildman–Crippen MR) is 72.0 cm³/mol. The van der Waals surface area contributed by atoms with Gasteiger partial charge in [0.1, 0.15) is 5.75 Å². The first-order valence-electron chi connectivity index (χ1n) is 6.79. The third-order valence-corrected chi connectivity index (χ3v) is 3.36. The van der Waals surface area contributed by atoms with Crippen LogP contribution in [0.3, 0.4) is 0 Å². The molecule has 2 aliphatic rings. The Morgan fingerprint density at radius 2 is 1.81 bits per heavy atom. The number of amides is 3. The molecule has 3 N–H and O–H groups in total. The summed E-state index contributed by atoms with van der Waals surface area (Å²) in [7, 11) is 0. The second-order valence-electron chi connectivity index (χ2n) is 5.11. The van der Waals surface area contributed by atoms with Crippen molar-refractivity contribution in [1.82, 2.24) is 16.2 Å². The summed E-state index contributed by atoms with van der Waals surface area (Å²) in [5.74, 6) is -1.45. The van der Waals surface area contributed by atoms with E-state index in [-0.39, 0.29) is 6.04 Å². The maximum absolute atomic E-state index is 11.9. The van der Waals surface area contributed by atoms with Crippen LogP contribution in [0.4, 0.5) is 0 Å². The van der Waals surface area contributed by atoms with Crippen LogP contribution in [-0.4, -0.2) is 29.9 Å². The Morgan fingerprint density at radius 3 is 2.52 bits per heavy atom. The molecule has 0 spiro atoms. The zero-order valence-corrected chi connectivity index (χ0v) is 11.2. The van der Waals surface area contributed by atoms with E-state index in [0.29, 0.717) is 12.2 Å². The van der Waals surface area contributed by atoms with Gasteiger partial charge < -0.3 is 10.1 Å². The molecule has 110 valence electrons. The second-order valence-corrected chi connectivity index (χ2v) is 5.11. The summed E-state index contributed by atoms with van der Waals surface area (Å²) in [6.07, 6.45) is 1.51. The lowest BCUT2D eigenvalue weighted by Crippen LogP contribution is -2.52. The highest BCUT2D eigenvalue weighted by Crippen LogP contribution is 2.27. The van der Waals surface area contributed by atoms with Gasteiger partial charge in [0.15, 0.2) is 6.10 Å². The minimum Gasteiger partial charge on any atom is -0.480 e. The quantitative estimate of drug-likeness (QED) is 0.501. The summed E-state index contributed by atoms with van der Waals surface area (Å²) in [5.41, 5.74) is 5.24. The first-order chi connectivity index (χ1) is 10.1. The van der Waals surface area contributed by atoms with Gasteiger partial charge in [0.05, 0.1) is 0 Å². The summed E-state index contributed by atoms with van der Waals surface area (Å²) < 4.78 is 5.47. The van der Waals surface area contributed by atoms with Gasteiger partial charge in [-0.25, -0.2) is 0 Å². The molecule has 7 heteroatoms. The molecule has 1 aromatic rings. The molecule has 3 amide bonds. The van der Waals surface area contributed by atoms with E-state index in [2.05, 4.69) is 16.2 Å². The van der Waals surface area contributed by atoms with Crippen LogP contribution in [0.1, 0.15) is 18.4 Å². The van der Waals surface area contributed by atoms with E-state index in [1.165, 1.54) is 0 Å². The third-order valence-electron chi connectivity index (χ3n) is 3.36. The highest BCUT2D eigenvalue weighted by atomic mass is 16.5. The average molecular weight is 289 g/mol. The monoisotopic (exact) mass is 289 g/mol. The number of hydrazine groups is 1. The molecule has 3 rings (SSSR count). The number of benzene rings is 1. The van der Waals surface area contributed by atoms with Crippen LogP contribution in [0.25, 0.3) is 0 Å². The summed E-state index contributed by atoms with van der Waals surface area (Å²) in [6.45, 7) is 0. The van der Waals surface area contributed by atoms with Crippen LogP contribution in [0.15, 0.2) is 24.3 Å². The number of hydrogen-bond donors (Lipinski definition) is 3. The normalized spacial score (nSPS) is 19.1. The van der Waals surface area contributed by atoms with Crippen LogP contribution in [0.5, 0.6) is 5.75 Å². The van der Waals surface area contributed by atoms with Crippen LogP contribution in [0, 0.1) is 0 Å².